The number of hydrogen-bond donors (Lipinski definition) is 3. The quantitative estimate of drug-likeness (QED) is 0.115. The Morgan fingerprint density at radius 1 is 1.00 bits per heavy atom. The average molecular weight is 853 g/mol. The fourth-order valence-corrected chi connectivity index (χ4v) is 7.43. The van der Waals surface area contributed by atoms with Gasteiger partial charge in [0.2, 0.25) is 11.8 Å². The number of rotatable bonds is 12. The van der Waals surface area contributed by atoms with Crippen LogP contribution in [-0.2, 0) is 34.5 Å². The van der Waals surface area contributed by atoms with Crippen LogP contribution in [-0.4, -0.2) is 78.0 Å². The van der Waals surface area contributed by atoms with Gasteiger partial charge in [0.1, 0.15) is 22.5 Å². The summed E-state index contributed by atoms with van der Waals surface area (Å²) < 4.78 is 14.2. The van der Waals surface area contributed by atoms with Crippen molar-refractivity contribution in [1.82, 2.24) is 34.7 Å². The molecule has 58 heavy (non-hydrogen) atoms. The van der Waals surface area contributed by atoms with E-state index in [1.165, 1.54) is 34.9 Å². The van der Waals surface area contributed by atoms with Crippen molar-refractivity contribution in [2.75, 3.05) is 13.7 Å². The number of carbonyl (C=O) groups excluding carboxylic acids is 2. The van der Waals surface area contributed by atoms with E-state index in [2.05, 4.69) is 15.7 Å². The Hall–Kier alpha value is -5.15. The molecule has 1 atom stereocenters. The van der Waals surface area contributed by atoms with Crippen molar-refractivity contribution in [3.8, 4) is 39.4 Å². The number of benzene rings is 2. The van der Waals surface area contributed by atoms with Gasteiger partial charge < -0.3 is 24.8 Å². The van der Waals surface area contributed by atoms with Gasteiger partial charge in [-0.25, -0.2) is 14.3 Å². The molecule has 0 radical (unpaired) electrons. The van der Waals surface area contributed by atoms with Gasteiger partial charge >= 0.3 is 12.1 Å². The van der Waals surface area contributed by atoms with E-state index in [0.29, 0.717) is 73.3 Å². The predicted molar refractivity (Wildman–Crippen MR) is 222 cm³/mol. The summed E-state index contributed by atoms with van der Waals surface area (Å²) in [5.74, 6) is -0.588. The van der Waals surface area contributed by atoms with Crippen LogP contribution in [0.4, 0.5) is 4.79 Å². The highest BCUT2D eigenvalue weighted by molar-refractivity contribution is 6.39. The predicted octanol–water partition coefficient (Wildman–Crippen LogP) is 7.37. The SMILES string of the molecule is COc1nc(-c2cccc(-c3cccc(-c4cc5c(=O)n(C)c(CNC(C)(C)C(=O)O)nn5c4)c3Cl)c2Cl)cc(Cl)c1CN(CC1CCC(=O)N1)C(=O)OC(C)(C)C. The van der Waals surface area contributed by atoms with Crippen molar-refractivity contribution in [2.24, 2.45) is 7.05 Å². The van der Waals surface area contributed by atoms with Crippen molar-refractivity contribution in [2.45, 2.75) is 77.7 Å². The second-order valence-electron chi connectivity index (χ2n) is 15.6. The number of carboxylic acids is 1. The topological polar surface area (TPSA) is 169 Å². The van der Waals surface area contributed by atoms with Gasteiger partial charge in [0.25, 0.3) is 5.56 Å². The van der Waals surface area contributed by atoms with Gasteiger partial charge in [-0.2, -0.15) is 5.10 Å². The Kier molecular flexibility index (Phi) is 12.2. The summed E-state index contributed by atoms with van der Waals surface area (Å²) in [4.78, 5) is 56.6. The third-order valence-electron chi connectivity index (χ3n) is 9.78. The number of amides is 2. The number of ether oxygens (including phenoxy) is 2. The maximum Gasteiger partial charge on any atom is 0.410 e. The molecule has 17 heteroatoms. The molecule has 2 amide bonds. The fourth-order valence-electron chi connectivity index (χ4n) is 6.52. The number of aliphatic carboxylic acids is 1. The van der Waals surface area contributed by atoms with Gasteiger partial charge in [0.15, 0.2) is 0 Å². The van der Waals surface area contributed by atoms with Crippen molar-refractivity contribution in [1.29, 1.82) is 0 Å². The largest absolute Gasteiger partial charge is 0.481 e. The molecular weight excluding hydrogens is 809 g/mol. The summed E-state index contributed by atoms with van der Waals surface area (Å²) in [6.07, 6.45) is 2.08. The lowest BCUT2D eigenvalue weighted by Gasteiger charge is -2.29. The summed E-state index contributed by atoms with van der Waals surface area (Å²) in [6.45, 7) is 8.63. The smallest absolute Gasteiger partial charge is 0.410 e. The normalized spacial score (nSPS) is 14.4. The minimum Gasteiger partial charge on any atom is -0.481 e. The molecule has 3 aromatic heterocycles. The number of carbonyl (C=O) groups is 3. The van der Waals surface area contributed by atoms with E-state index in [1.807, 2.05) is 30.3 Å². The Balaban J connectivity index is 1.33. The third-order valence-corrected chi connectivity index (χ3v) is 10.9. The number of fused-ring (bicyclic) bond motifs is 1. The first-order valence-corrected chi connectivity index (χ1v) is 19.6. The zero-order valence-electron chi connectivity index (χ0n) is 33.1. The number of carboxylic acid groups (broad SMARTS) is 1. The first-order valence-electron chi connectivity index (χ1n) is 18.4. The number of pyridine rings is 1. The summed E-state index contributed by atoms with van der Waals surface area (Å²) in [7, 11) is 3.04. The van der Waals surface area contributed by atoms with Crippen molar-refractivity contribution in [3.63, 3.8) is 0 Å². The van der Waals surface area contributed by atoms with E-state index >= 15 is 0 Å². The Bertz CT molecular complexity index is 2490. The van der Waals surface area contributed by atoms with E-state index < -0.39 is 23.2 Å². The minimum atomic E-state index is -1.24. The van der Waals surface area contributed by atoms with Gasteiger partial charge in [-0.15, -0.1) is 0 Å². The van der Waals surface area contributed by atoms with Crippen LogP contribution in [0, 0.1) is 0 Å². The molecule has 1 aliphatic heterocycles. The van der Waals surface area contributed by atoms with E-state index in [0.717, 1.165) is 0 Å². The van der Waals surface area contributed by atoms with Crippen LogP contribution >= 0.6 is 34.8 Å². The maximum atomic E-state index is 13.4. The van der Waals surface area contributed by atoms with Crippen LogP contribution in [0.15, 0.2) is 59.5 Å². The number of nitrogens with one attached hydrogen (secondary N) is 2. The highest BCUT2D eigenvalue weighted by Crippen LogP contribution is 2.43. The molecule has 4 heterocycles. The summed E-state index contributed by atoms with van der Waals surface area (Å²) in [5, 5.41) is 20.9. The number of hydrogen-bond acceptors (Lipinski definition) is 9. The summed E-state index contributed by atoms with van der Waals surface area (Å²) >= 11 is 21.2. The molecular formula is C41H44Cl3N7O7. The monoisotopic (exact) mass is 851 g/mol. The number of methoxy groups -OCH3 is 1. The minimum absolute atomic E-state index is 0.00445. The van der Waals surface area contributed by atoms with E-state index in [4.69, 9.17) is 49.3 Å². The van der Waals surface area contributed by atoms with Gasteiger partial charge in [0, 0.05) is 60.1 Å². The first kappa shape index (κ1) is 42.5. The Labute approximate surface area is 350 Å². The number of aromatic nitrogens is 4. The zero-order valence-corrected chi connectivity index (χ0v) is 35.3. The molecule has 1 saturated heterocycles. The average Bonchev–Trinajstić information content (AvgIpc) is 3.78. The number of nitrogens with zero attached hydrogens (tertiary/aromatic N) is 5. The molecule has 306 valence electrons. The molecule has 6 rings (SSSR count). The number of halogens is 3. The summed E-state index contributed by atoms with van der Waals surface area (Å²) in [6, 6.07) is 14.0. The van der Waals surface area contributed by atoms with Gasteiger partial charge in [-0.1, -0.05) is 71.2 Å². The van der Waals surface area contributed by atoms with Gasteiger partial charge in [0.05, 0.1) is 46.5 Å². The molecule has 2 aromatic carbocycles. The summed E-state index contributed by atoms with van der Waals surface area (Å²) in [5.41, 5.74) is 1.87. The van der Waals surface area contributed by atoms with Crippen molar-refractivity contribution < 1.29 is 29.0 Å². The second kappa shape index (κ2) is 16.6. The highest BCUT2D eigenvalue weighted by atomic mass is 35.5. The standard InChI is InChI=1S/C41H44Cl3N7O7/c1-40(2,3)58-39(56)50(20-23-14-15-33(52)46-23)21-28-29(42)17-30(47-36(28)57-7)27-13-9-12-26(35(27)44)25-11-8-10-24(34(25)43)22-16-31-37(53)49(6)32(48-51(31)19-22)18-45-41(4,5)38(54)55/h8-13,16-17,19,23,45H,14-15,18,20-21H2,1-7H3,(H,46,52)(H,54,55). The third kappa shape index (κ3) is 8.95. The van der Waals surface area contributed by atoms with Crippen LogP contribution in [0.25, 0.3) is 39.0 Å². The maximum absolute atomic E-state index is 13.4. The van der Waals surface area contributed by atoms with E-state index in [-0.39, 0.29) is 48.0 Å². The molecule has 0 aliphatic carbocycles. The van der Waals surface area contributed by atoms with Crippen LogP contribution in [0.2, 0.25) is 15.1 Å². The Morgan fingerprint density at radius 2 is 1.64 bits per heavy atom. The molecule has 14 nitrogen and oxygen atoms in total. The van der Waals surface area contributed by atoms with Crippen LogP contribution in [0.5, 0.6) is 5.88 Å². The molecule has 3 N–H and O–H groups in total. The van der Waals surface area contributed by atoms with Gasteiger partial charge in [-0.3, -0.25) is 24.3 Å². The first-order chi connectivity index (χ1) is 27.3. The lowest BCUT2D eigenvalue weighted by molar-refractivity contribution is -0.143. The van der Waals surface area contributed by atoms with Gasteiger partial charge in [-0.05, 0) is 53.2 Å². The lowest BCUT2D eigenvalue weighted by atomic mass is 9.97. The Morgan fingerprint density at radius 3 is 2.24 bits per heavy atom. The highest BCUT2D eigenvalue weighted by Gasteiger charge is 2.31. The molecule has 5 aromatic rings. The van der Waals surface area contributed by atoms with Crippen LogP contribution in [0.1, 0.15) is 58.8 Å². The molecule has 0 bridgehead atoms. The molecule has 1 fully saturated rings. The lowest BCUT2D eigenvalue weighted by Crippen LogP contribution is -2.47. The van der Waals surface area contributed by atoms with Crippen LogP contribution < -0.4 is 20.9 Å². The second-order valence-corrected chi connectivity index (χ2v) is 16.8. The zero-order chi connectivity index (χ0) is 42.3. The van der Waals surface area contributed by atoms with Crippen molar-refractivity contribution >= 4 is 58.3 Å². The van der Waals surface area contributed by atoms with E-state index in [1.54, 1.807) is 52.2 Å². The molecule has 1 unspecified atom stereocenters. The molecule has 0 spiro atoms. The van der Waals surface area contributed by atoms with Crippen LogP contribution in [0.3, 0.4) is 0 Å². The van der Waals surface area contributed by atoms with E-state index in [9.17, 15) is 24.3 Å². The van der Waals surface area contributed by atoms with Crippen molar-refractivity contribution in [3.05, 3.63) is 91.5 Å². The molecule has 0 saturated carbocycles. The fraction of sp³-hybridized carbons (Fsp3) is 0.366. The molecule has 1 aliphatic rings.